The van der Waals surface area contributed by atoms with Crippen molar-refractivity contribution < 1.29 is 13.2 Å². The topological polar surface area (TPSA) is 78.8 Å². The SMILES string of the molecule is Cc1cccc(NC(=O)CSC2=N[C@H]3CS(=O)(=O)C[C@@H]3N2c2cccc(Cl)c2)c1C. The molecule has 2 heterocycles. The summed E-state index contributed by atoms with van der Waals surface area (Å²) in [6, 6.07) is 12.5. The fourth-order valence-electron chi connectivity index (χ4n) is 3.76. The van der Waals surface area contributed by atoms with Gasteiger partial charge in [-0.2, -0.15) is 0 Å². The number of fused-ring (bicyclic) bond motifs is 1. The van der Waals surface area contributed by atoms with Gasteiger partial charge in [-0.25, -0.2) is 8.42 Å². The molecule has 9 heteroatoms. The lowest BCUT2D eigenvalue weighted by Crippen LogP contribution is -2.39. The molecule has 0 unspecified atom stereocenters. The molecule has 2 aromatic rings. The second kappa shape index (κ2) is 8.24. The number of nitrogens with one attached hydrogen (secondary N) is 1. The lowest BCUT2D eigenvalue weighted by Gasteiger charge is -2.26. The van der Waals surface area contributed by atoms with E-state index in [2.05, 4.69) is 10.3 Å². The molecule has 4 rings (SSSR count). The van der Waals surface area contributed by atoms with Crippen molar-refractivity contribution >= 4 is 55.6 Å². The van der Waals surface area contributed by atoms with E-state index in [4.69, 9.17) is 11.6 Å². The van der Waals surface area contributed by atoms with Crippen molar-refractivity contribution in [3.05, 3.63) is 58.6 Å². The number of amides is 1. The number of rotatable bonds is 4. The van der Waals surface area contributed by atoms with Crippen molar-refractivity contribution in [3.8, 4) is 0 Å². The number of aryl methyl sites for hydroxylation is 1. The second-order valence-electron chi connectivity index (χ2n) is 7.56. The molecule has 6 nitrogen and oxygen atoms in total. The first-order valence-electron chi connectivity index (χ1n) is 9.55. The van der Waals surface area contributed by atoms with E-state index in [1.54, 1.807) is 12.1 Å². The lowest BCUT2D eigenvalue weighted by atomic mass is 10.1. The number of anilines is 2. The smallest absolute Gasteiger partial charge is 0.234 e. The molecule has 0 spiro atoms. The second-order valence-corrected chi connectivity index (χ2v) is 11.1. The highest BCUT2D eigenvalue weighted by atomic mass is 35.5. The highest BCUT2D eigenvalue weighted by molar-refractivity contribution is 8.14. The Balaban J connectivity index is 1.51. The molecule has 1 amide bonds. The Morgan fingerprint density at radius 2 is 2.00 bits per heavy atom. The zero-order chi connectivity index (χ0) is 21.5. The number of amidine groups is 1. The summed E-state index contributed by atoms with van der Waals surface area (Å²) in [6.07, 6.45) is 0. The van der Waals surface area contributed by atoms with Crippen molar-refractivity contribution in [3.63, 3.8) is 0 Å². The van der Waals surface area contributed by atoms with E-state index in [1.807, 2.05) is 49.1 Å². The predicted molar refractivity (Wildman–Crippen MR) is 125 cm³/mol. The molecule has 1 N–H and O–H groups in total. The molecule has 0 saturated carbocycles. The third kappa shape index (κ3) is 4.36. The van der Waals surface area contributed by atoms with E-state index in [0.29, 0.717) is 10.2 Å². The first-order chi connectivity index (χ1) is 14.2. The number of nitrogens with zero attached hydrogens (tertiary/aromatic N) is 2. The van der Waals surface area contributed by atoms with Gasteiger partial charge in [-0.3, -0.25) is 9.79 Å². The minimum absolute atomic E-state index is 0.0352. The minimum atomic E-state index is -3.13. The van der Waals surface area contributed by atoms with E-state index < -0.39 is 9.84 Å². The van der Waals surface area contributed by atoms with Crippen LogP contribution in [0.1, 0.15) is 11.1 Å². The van der Waals surface area contributed by atoms with Crippen LogP contribution in [-0.2, 0) is 14.6 Å². The molecule has 158 valence electrons. The standard InChI is InChI=1S/C21H22ClN3O3S2/c1-13-5-3-8-17(14(13)2)23-20(26)10-29-21-24-18-11-30(27,28)12-19(18)25(21)16-7-4-6-15(22)9-16/h3-9,18-19H,10-12H2,1-2H3,(H,23,26)/t18-,19-/m0/s1. The molecule has 1 fully saturated rings. The number of halogens is 1. The Hall–Kier alpha value is -2.03. The number of sulfone groups is 1. The predicted octanol–water partition coefficient (Wildman–Crippen LogP) is 3.67. The highest BCUT2D eigenvalue weighted by Crippen LogP contribution is 2.36. The largest absolute Gasteiger partial charge is 0.325 e. The van der Waals surface area contributed by atoms with E-state index in [9.17, 15) is 13.2 Å². The number of hydrogen-bond acceptors (Lipinski definition) is 6. The molecule has 0 aromatic heterocycles. The van der Waals surface area contributed by atoms with Crippen molar-refractivity contribution in [2.45, 2.75) is 25.9 Å². The molecule has 2 aromatic carbocycles. The summed E-state index contributed by atoms with van der Waals surface area (Å²) >= 11 is 7.47. The number of carbonyl (C=O) groups is 1. The van der Waals surface area contributed by atoms with Crippen LogP contribution in [0.25, 0.3) is 0 Å². The molecule has 30 heavy (non-hydrogen) atoms. The fourth-order valence-corrected chi connectivity index (χ4v) is 6.72. The molecular formula is C21H22ClN3O3S2. The summed E-state index contributed by atoms with van der Waals surface area (Å²) in [5, 5.41) is 4.17. The summed E-state index contributed by atoms with van der Waals surface area (Å²) in [7, 11) is -3.13. The van der Waals surface area contributed by atoms with Crippen LogP contribution in [0.5, 0.6) is 0 Å². The Labute approximate surface area is 185 Å². The quantitative estimate of drug-likeness (QED) is 0.748. The summed E-state index contributed by atoms with van der Waals surface area (Å²) in [4.78, 5) is 19.1. The average molecular weight is 464 g/mol. The van der Waals surface area contributed by atoms with Gasteiger partial charge in [-0.1, -0.05) is 41.6 Å². The number of thioether (sulfide) groups is 1. The van der Waals surface area contributed by atoms with Gasteiger partial charge in [-0.05, 0) is 49.2 Å². The van der Waals surface area contributed by atoms with Crippen molar-refractivity contribution in [1.29, 1.82) is 0 Å². The maximum absolute atomic E-state index is 12.6. The van der Waals surface area contributed by atoms with Crippen molar-refractivity contribution in [1.82, 2.24) is 0 Å². The number of aliphatic imine (C=N–C) groups is 1. The van der Waals surface area contributed by atoms with Gasteiger partial charge in [0.15, 0.2) is 15.0 Å². The number of carbonyl (C=O) groups excluding carboxylic acids is 1. The van der Waals surface area contributed by atoms with Gasteiger partial charge in [0.05, 0.1) is 29.3 Å². The monoisotopic (exact) mass is 463 g/mol. The molecule has 2 aliphatic heterocycles. The molecule has 0 bridgehead atoms. The van der Waals surface area contributed by atoms with Gasteiger partial charge >= 0.3 is 0 Å². The Bertz CT molecular complexity index is 1130. The van der Waals surface area contributed by atoms with Gasteiger partial charge in [0, 0.05) is 16.4 Å². The van der Waals surface area contributed by atoms with Crippen LogP contribution in [0.4, 0.5) is 11.4 Å². The van der Waals surface area contributed by atoms with Gasteiger partial charge in [0.25, 0.3) is 0 Å². The van der Waals surface area contributed by atoms with Gasteiger partial charge < -0.3 is 10.2 Å². The number of benzene rings is 2. The van der Waals surface area contributed by atoms with Crippen LogP contribution in [0, 0.1) is 13.8 Å². The number of hydrogen-bond donors (Lipinski definition) is 1. The van der Waals surface area contributed by atoms with Gasteiger partial charge in [0.2, 0.25) is 5.91 Å². The molecule has 2 aliphatic rings. The Morgan fingerprint density at radius 1 is 1.23 bits per heavy atom. The van der Waals surface area contributed by atoms with Crippen LogP contribution in [0.15, 0.2) is 47.5 Å². The zero-order valence-electron chi connectivity index (χ0n) is 16.6. The van der Waals surface area contributed by atoms with Crippen LogP contribution in [0.2, 0.25) is 5.02 Å². The van der Waals surface area contributed by atoms with Crippen LogP contribution in [0.3, 0.4) is 0 Å². The van der Waals surface area contributed by atoms with Crippen LogP contribution in [-0.4, -0.2) is 48.8 Å². The van der Waals surface area contributed by atoms with Crippen molar-refractivity contribution in [2.24, 2.45) is 4.99 Å². The summed E-state index contributed by atoms with van der Waals surface area (Å²) in [6.45, 7) is 3.98. The first kappa shape index (κ1) is 21.2. The zero-order valence-corrected chi connectivity index (χ0v) is 19.0. The van der Waals surface area contributed by atoms with Crippen molar-refractivity contribution in [2.75, 3.05) is 27.5 Å². The van der Waals surface area contributed by atoms with Gasteiger partial charge in [0.1, 0.15) is 0 Å². The van der Waals surface area contributed by atoms with Crippen LogP contribution >= 0.6 is 23.4 Å². The first-order valence-corrected chi connectivity index (χ1v) is 12.7. The normalized spacial score (nSPS) is 22.0. The maximum Gasteiger partial charge on any atom is 0.234 e. The van der Waals surface area contributed by atoms with E-state index in [-0.39, 0.29) is 35.2 Å². The lowest BCUT2D eigenvalue weighted by molar-refractivity contribution is -0.113. The summed E-state index contributed by atoms with van der Waals surface area (Å²) in [5.74, 6) is 0.127. The van der Waals surface area contributed by atoms with E-state index in [0.717, 1.165) is 22.5 Å². The fraction of sp³-hybridized carbons (Fsp3) is 0.333. The maximum atomic E-state index is 12.6. The Morgan fingerprint density at radius 3 is 2.77 bits per heavy atom. The third-order valence-corrected chi connectivity index (χ3v) is 8.31. The van der Waals surface area contributed by atoms with E-state index in [1.165, 1.54) is 11.8 Å². The van der Waals surface area contributed by atoms with Gasteiger partial charge in [-0.15, -0.1) is 0 Å². The summed E-state index contributed by atoms with van der Waals surface area (Å²) in [5.41, 5.74) is 3.73. The van der Waals surface area contributed by atoms with Crippen LogP contribution < -0.4 is 10.2 Å². The molecule has 2 atom stereocenters. The molecular weight excluding hydrogens is 442 g/mol. The average Bonchev–Trinajstić information content (AvgIpc) is 3.14. The Kier molecular flexibility index (Phi) is 5.83. The molecule has 0 radical (unpaired) electrons. The summed E-state index contributed by atoms with van der Waals surface area (Å²) < 4.78 is 24.3. The molecule has 1 saturated heterocycles. The minimum Gasteiger partial charge on any atom is -0.325 e. The van der Waals surface area contributed by atoms with E-state index >= 15 is 0 Å². The highest BCUT2D eigenvalue weighted by Gasteiger charge is 2.47. The molecule has 0 aliphatic carbocycles. The third-order valence-electron chi connectivity index (χ3n) is 5.40.